The maximum Gasteiger partial charge on any atom is 0.240 e. The molecular weight excluding hydrogens is 300 g/mol. The van der Waals surface area contributed by atoms with Crippen molar-refractivity contribution < 1.29 is 4.79 Å². The van der Waals surface area contributed by atoms with Crippen molar-refractivity contribution >= 4 is 11.6 Å². The maximum atomic E-state index is 13.0. The molecule has 0 spiro atoms. The van der Waals surface area contributed by atoms with Crippen LogP contribution in [0.15, 0.2) is 18.5 Å². The highest BCUT2D eigenvalue weighted by atomic mass is 16.2. The number of carbonyl (C=O) groups excluding carboxylic acids is 1. The van der Waals surface area contributed by atoms with Gasteiger partial charge < -0.3 is 10.6 Å². The highest BCUT2D eigenvalue weighted by Gasteiger charge is 2.45. The zero-order valence-corrected chi connectivity index (χ0v) is 14.8. The number of hydrogen-bond donors (Lipinski definition) is 2. The lowest BCUT2D eigenvalue weighted by Crippen LogP contribution is -2.59. The summed E-state index contributed by atoms with van der Waals surface area (Å²) in [4.78, 5) is 19.6. The van der Waals surface area contributed by atoms with E-state index in [9.17, 15) is 4.79 Å². The number of rotatable bonds is 6. The van der Waals surface area contributed by atoms with Crippen LogP contribution in [0.1, 0.15) is 50.5 Å². The minimum absolute atomic E-state index is 0.235. The maximum absolute atomic E-state index is 13.0. The number of carbonyl (C=O) groups is 1. The van der Waals surface area contributed by atoms with E-state index in [0.29, 0.717) is 6.54 Å². The van der Waals surface area contributed by atoms with Gasteiger partial charge in [0, 0.05) is 31.2 Å². The van der Waals surface area contributed by atoms with Gasteiger partial charge in [-0.05, 0) is 57.3 Å². The Bertz CT molecular complexity index is 548. The lowest BCUT2D eigenvalue weighted by atomic mass is 9.79. The molecule has 1 saturated heterocycles. The third kappa shape index (κ3) is 3.72. The van der Waals surface area contributed by atoms with E-state index in [4.69, 9.17) is 0 Å². The molecule has 2 N–H and O–H groups in total. The van der Waals surface area contributed by atoms with Crippen molar-refractivity contribution in [1.29, 1.82) is 0 Å². The molecule has 5 nitrogen and oxygen atoms in total. The Balaban J connectivity index is 1.53. The summed E-state index contributed by atoms with van der Waals surface area (Å²) < 4.78 is 0. The number of pyridine rings is 1. The summed E-state index contributed by atoms with van der Waals surface area (Å²) in [5.74, 6) is 0.248. The van der Waals surface area contributed by atoms with Crippen LogP contribution in [-0.4, -0.2) is 47.5 Å². The van der Waals surface area contributed by atoms with Crippen LogP contribution in [0.4, 0.5) is 5.69 Å². The van der Waals surface area contributed by atoms with Gasteiger partial charge >= 0.3 is 0 Å². The lowest BCUT2D eigenvalue weighted by molar-refractivity contribution is -0.135. The molecule has 2 aliphatic rings. The summed E-state index contributed by atoms with van der Waals surface area (Å²) in [7, 11) is 0. The molecule has 0 unspecified atom stereocenters. The number of amides is 1. The second kappa shape index (κ2) is 7.97. The number of nitrogens with zero attached hydrogens (tertiary/aromatic N) is 2. The van der Waals surface area contributed by atoms with Gasteiger partial charge in [-0.25, -0.2) is 0 Å². The fourth-order valence-electron chi connectivity index (χ4n) is 4.18. The average molecular weight is 330 g/mol. The molecule has 0 bridgehead atoms. The molecule has 1 aromatic heterocycles. The van der Waals surface area contributed by atoms with Gasteiger partial charge in [0.25, 0.3) is 0 Å². The van der Waals surface area contributed by atoms with Crippen LogP contribution in [-0.2, 0) is 4.79 Å². The van der Waals surface area contributed by atoms with E-state index in [1.807, 2.05) is 19.2 Å². The Morgan fingerprint density at radius 2 is 1.92 bits per heavy atom. The van der Waals surface area contributed by atoms with Crippen molar-refractivity contribution in [2.75, 3.05) is 31.5 Å². The molecule has 5 heteroatoms. The van der Waals surface area contributed by atoms with Crippen LogP contribution in [0.5, 0.6) is 0 Å². The van der Waals surface area contributed by atoms with E-state index in [-0.39, 0.29) is 11.4 Å². The molecule has 1 aromatic rings. The zero-order valence-electron chi connectivity index (χ0n) is 14.8. The Morgan fingerprint density at radius 3 is 2.62 bits per heavy atom. The topological polar surface area (TPSA) is 57.3 Å². The molecule has 0 radical (unpaired) electrons. The normalized spacial score (nSPS) is 20.7. The Morgan fingerprint density at radius 1 is 1.17 bits per heavy atom. The van der Waals surface area contributed by atoms with Gasteiger partial charge in [0.2, 0.25) is 5.91 Å². The summed E-state index contributed by atoms with van der Waals surface area (Å²) >= 11 is 0. The minimum Gasteiger partial charge on any atom is -0.383 e. The first-order valence-electron chi connectivity index (χ1n) is 9.40. The zero-order chi connectivity index (χ0) is 16.8. The van der Waals surface area contributed by atoms with Gasteiger partial charge in [0.1, 0.15) is 5.54 Å². The van der Waals surface area contributed by atoms with E-state index in [1.54, 1.807) is 6.20 Å². The predicted molar refractivity (Wildman–Crippen MR) is 97.1 cm³/mol. The second-order valence-corrected chi connectivity index (χ2v) is 7.16. The molecule has 1 saturated carbocycles. The summed E-state index contributed by atoms with van der Waals surface area (Å²) in [6.07, 6.45) is 11.8. The van der Waals surface area contributed by atoms with Gasteiger partial charge in [-0.15, -0.1) is 0 Å². The third-order valence-corrected chi connectivity index (χ3v) is 5.56. The Hall–Kier alpha value is -1.62. The molecule has 1 aliphatic carbocycles. The molecule has 24 heavy (non-hydrogen) atoms. The minimum atomic E-state index is -0.235. The first-order valence-corrected chi connectivity index (χ1v) is 9.40. The number of likely N-dealkylation sites (tertiary alicyclic amines) is 1. The second-order valence-electron chi connectivity index (χ2n) is 7.16. The summed E-state index contributed by atoms with van der Waals surface area (Å²) in [6.45, 7) is 5.62. The van der Waals surface area contributed by atoms with Crippen molar-refractivity contribution in [2.45, 2.75) is 57.4 Å². The first kappa shape index (κ1) is 17.2. The summed E-state index contributed by atoms with van der Waals surface area (Å²) in [5, 5.41) is 6.59. The van der Waals surface area contributed by atoms with E-state index < -0.39 is 0 Å². The van der Waals surface area contributed by atoms with Gasteiger partial charge in [-0.3, -0.25) is 14.7 Å². The highest BCUT2D eigenvalue weighted by molar-refractivity contribution is 5.86. The fourth-order valence-corrected chi connectivity index (χ4v) is 4.18. The average Bonchev–Trinajstić information content (AvgIpc) is 3.15. The van der Waals surface area contributed by atoms with E-state index >= 15 is 0 Å². The SMILES string of the molecule is Cc1cnccc1NCCNC(=O)C1(N2CCCC2)CCCCC1. The van der Waals surface area contributed by atoms with Crippen LogP contribution >= 0.6 is 0 Å². The van der Waals surface area contributed by atoms with Crippen LogP contribution in [0, 0.1) is 6.92 Å². The first-order chi connectivity index (χ1) is 11.7. The van der Waals surface area contributed by atoms with Gasteiger partial charge in [-0.1, -0.05) is 19.3 Å². The molecule has 1 aliphatic heterocycles. The molecular formula is C19H30N4O. The van der Waals surface area contributed by atoms with Gasteiger partial charge in [0.15, 0.2) is 0 Å². The number of aryl methyl sites for hydroxylation is 1. The largest absolute Gasteiger partial charge is 0.383 e. The molecule has 0 aromatic carbocycles. The predicted octanol–water partition coefficient (Wildman–Crippen LogP) is 2.72. The molecule has 1 amide bonds. The van der Waals surface area contributed by atoms with Crippen molar-refractivity contribution in [3.05, 3.63) is 24.0 Å². The Labute approximate surface area is 145 Å². The highest BCUT2D eigenvalue weighted by Crippen LogP contribution is 2.36. The van der Waals surface area contributed by atoms with E-state index in [2.05, 4.69) is 20.5 Å². The van der Waals surface area contributed by atoms with Crippen molar-refractivity contribution in [3.63, 3.8) is 0 Å². The fraction of sp³-hybridized carbons (Fsp3) is 0.684. The quantitative estimate of drug-likeness (QED) is 0.788. The smallest absolute Gasteiger partial charge is 0.240 e. The van der Waals surface area contributed by atoms with Crippen molar-refractivity contribution in [1.82, 2.24) is 15.2 Å². The molecule has 3 rings (SSSR count). The van der Waals surface area contributed by atoms with E-state index in [0.717, 1.165) is 43.7 Å². The number of anilines is 1. The number of nitrogens with one attached hydrogen (secondary N) is 2. The summed E-state index contributed by atoms with van der Waals surface area (Å²) in [5.41, 5.74) is 1.98. The monoisotopic (exact) mass is 330 g/mol. The van der Waals surface area contributed by atoms with Crippen LogP contribution in [0.3, 0.4) is 0 Å². The molecule has 0 atom stereocenters. The van der Waals surface area contributed by atoms with Gasteiger partial charge in [-0.2, -0.15) is 0 Å². The third-order valence-electron chi connectivity index (χ3n) is 5.56. The van der Waals surface area contributed by atoms with Crippen LogP contribution in [0.2, 0.25) is 0 Å². The van der Waals surface area contributed by atoms with Crippen molar-refractivity contribution in [2.24, 2.45) is 0 Å². The van der Waals surface area contributed by atoms with Crippen LogP contribution < -0.4 is 10.6 Å². The molecule has 2 heterocycles. The van der Waals surface area contributed by atoms with Gasteiger partial charge in [0.05, 0.1) is 0 Å². The van der Waals surface area contributed by atoms with Crippen LogP contribution in [0.25, 0.3) is 0 Å². The molecule has 2 fully saturated rings. The molecule has 132 valence electrons. The standard InChI is InChI=1S/C19H30N4O/c1-16-15-20-10-7-17(16)21-11-12-22-18(24)19(8-3-2-4-9-19)23-13-5-6-14-23/h7,10,15H,2-6,8-9,11-14H2,1H3,(H,20,21)(H,22,24). The number of aromatic nitrogens is 1. The van der Waals surface area contributed by atoms with Crippen molar-refractivity contribution in [3.8, 4) is 0 Å². The van der Waals surface area contributed by atoms with E-state index in [1.165, 1.54) is 32.1 Å². The lowest BCUT2D eigenvalue weighted by Gasteiger charge is -2.43. The Kier molecular flexibility index (Phi) is 5.72. The number of hydrogen-bond acceptors (Lipinski definition) is 4. The summed E-state index contributed by atoms with van der Waals surface area (Å²) in [6, 6.07) is 1.98.